The molecular formula is C23H26N4O. The SMILES string of the molecule is O=C(c1cc2ccccc2[nH]1)N1CCCC(C2NNCC2c2ccccc2)C1. The van der Waals surface area contributed by atoms with E-state index in [0.717, 1.165) is 43.4 Å². The van der Waals surface area contributed by atoms with Gasteiger partial charge in [-0.3, -0.25) is 15.6 Å². The summed E-state index contributed by atoms with van der Waals surface area (Å²) in [6, 6.07) is 21.1. The minimum atomic E-state index is 0.114. The summed E-state index contributed by atoms with van der Waals surface area (Å²) in [5.74, 6) is 1.000. The number of fused-ring (bicyclic) bond motifs is 1. The molecule has 5 rings (SSSR count). The lowest BCUT2D eigenvalue weighted by Gasteiger charge is -2.37. The van der Waals surface area contributed by atoms with Gasteiger partial charge in [-0.25, -0.2) is 0 Å². The van der Waals surface area contributed by atoms with Gasteiger partial charge >= 0.3 is 0 Å². The Morgan fingerprint density at radius 3 is 2.71 bits per heavy atom. The van der Waals surface area contributed by atoms with E-state index in [1.165, 1.54) is 5.56 Å². The Morgan fingerprint density at radius 1 is 1.04 bits per heavy atom. The third-order valence-corrected chi connectivity index (χ3v) is 6.27. The van der Waals surface area contributed by atoms with Crippen LogP contribution in [-0.4, -0.2) is 41.5 Å². The molecule has 0 saturated carbocycles. The molecule has 1 aromatic heterocycles. The number of carbonyl (C=O) groups excluding carboxylic acids is 1. The van der Waals surface area contributed by atoms with Crippen LogP contribution in [0.5, 0.6) is 0 Å². The fraction of sp³-hybridized carbons (Fsp3) is 0.348. The van der Waals surface area contributed by atoms with E-state index in [1.54, 1.807) is 0 Å². The second-order valence-corrected chi connectivity index (χ2v) is 7.99. The average Bonchev–Trinajstić information content (AvgIpc) is 3.41. The number of hydrogen-bond donors (Lipinski definition) is 3. The number of benzene rings is 2. The van der Waals surface area contributed by atoms with E-state index in [-0.39, 0.29) is 5.91 Å². The molecule has 0 spiro atoms. The molecular weight excluding hydrogens is 348 g/mol. The molecule has 3 atom stereocenters. The molecule has 2 aromatic carbocycles. The van der Waals surface area contributed by atoms with E-state index in [9.17, 15) is 4.79 Å². The van der Waals surface area contributed by atoms with Gasteiger partial charge in [-0.1, -0.05) is 48.5 Å². The van der Waals surface area contributed by atoms with Gasteiger partial charge in [0.25, 0.3) is 5.91 Å². The Balaban J connectivity index is 1.33. The number of piperidine rings is 1. The first-order valence-electron chi connectivity index (χ1n) is 10.2. The van der Waals surface area contributed by atoms with Gasteiger partial charge < -0.3 is 9.88 Å². The van der Waals surface area contributed by atoms with Crippen LogP contribution in [0.3, 0.4) is 0 Å². The van der Waals surface area contributed by atoms with Crippen molar-refractivity contribution in [1.29, 1.82) is 0 Å². The number of nitrogens with one attached hydrogen (secondary N) is 3. The van der Waals surface area contributed by atoms with Gasteiger partial charge in [0, 0.05) is 42.5 Å². The Kier molecular flexibility index (Phi) is 4.63. The van der Waals surface area contributed by atoms with Gasteiger partial charge in [0.1, 0.15) is 5.69 Å². The molecule has 3 heterocycles. The van der Waals surface area contributed by atoms with E-state index >= 15 is 0 Å². The van der Waals surface area contributed by atoms with E-state index < -0.39 is 0 Å². The van der Waals surface area contributed by atoms with Gasteiger partial charge in [-0.05, 0) is 36.5 Å². The van der Waals surface area contributed by atoms with Crippen LogP contribution in [0.25, 0.3) is 10.9 Å². The predicted molar refractivity (Wildman–Crippen MR) is 111 cm³/mol. The first-order chi connectivity index (χ1) is 13.8. The van der Waals surface area contributed by atoms with Crippen LogP contribution in [0.4, 0.5) is 0 Å². The summed E-state index contributed by atoms with van der Waals surface area (Å²) in [5, 5.41) is 1.09. The first kappa shape index (κ1) is 17.5. The number of para-hydroxylation sites is 1. The smallest absolute Gasteiger partial charge is 0.270 e. The molecule has 144 valence electrons. The molecule has 1 amide bonds. The summed E-state index contributed by atoms with van der Waals surface area (Å²) in [6.07, 6.45) is 2.20. The standard InChI is InChI=1S/C23H26N4O/c28-23(21-13-17-9-4-5-11-20(17)25-21)27-12-6-10-18(15-27)22-19(14-24-26-22)16-7-2-1-3-8-16/h1-5,7-9,11,13,18-19,22,24-26H,6,10,12,14-15H2. The summed E-state index contributed by atoms with van der Waals surface area (Å²) >= 11 is 0. The van der Waals surface area contributed by atoms with Crippen LogP contribution in [0.1, 0.15) is 34.8 Å². The van der Waals surface area contributed by atoms with Crippen molar-refractivity contribution in [2.45, 2.75) is 24.8 Å². The van der Waals surface area contributed by atoms with Gasteiger partial charge in [0.15, 0.2) is 0 Å². The molecule has 0 bridgehead atoms. The van der Waals surface area contributed by atoms with E-state index in [1.807, 2.05) is 35.2 Å². The van der Waals surface area contributed by atoms with Gasteiger partial charge in [-0.2, -0.15) is 0 Å². The van der Waals surface area contributed by atoms with Crippen molar-refractivity contribution in [2.24, 2.45) is 5.92 Å². The van der Waals surface area contributed by atoms with Crippen molar-refractivity contribution >= 4 is 16.8 Å². The summed E-state index contributed by atoms with van der Waals surface area (Å²) in [6.45, 7) is 2.57. The second kappa shape index (κ2) is 7.41. The Hall–Kier alpha value is -2.63. The van der Waals surface area contributed by atoms with Crippen molar-refractivity contribution < 1.29 is 4.79 Å². The summed E-state index contributed by atoms with van der Waals surface area (Å²) in [7, 11) is 0. The minimum absolute atomic E-state index is 0.114. The fourth-order valence-electron chi connectivity index (χ4n) is 4.83. The maximum absolute atomic E-state index is 13.1. The van der Waals surface area contributed by atoms with E-state index in [0.29, 0.717) is 23.6 Å². The maximum atomic E-state index is 13.1. The first-order valence-corrected chi connectivity index (χ1v) is 10.2. The number of hydrogen-bond acceptors (Lipinski definition) is 3. The second-order valence-electron chi connectivity index (χ2n) is 7.99. The van der Waals surface area contributed by atoms with Crippen molar-refractivity contribution in [3.63, 3.8) is 0 Å². The number of aromatic nitrogens is 1. The highest BCUT2D eigenvalue weighted by Crippen LogP contribution is 2.32. The predicted octanol–water partition coefficient (Wildman–Crippen LogP) is 3.28. The zero-order valence-electron chi connectivity index (χ0n) is 15.9. The highest BCUT2D eigenvalue weighted by Gasteiger charge is 2.37. The number of aromatic amines is 1. The lowest BCUT2D eigenvalue weighted by atomic mass is 9.81. The molecule has 28 heavy (non-hydrogen) atoms. The molecule has 5 heteroatoms. The number of amides is 1. The van der Waals surface area contributed by atoms with Crippen LogP contribution in [-0.2, 0) is 0 Å². The Labute approximate surface area is 165 Å². The Bertz CT molecular complexity index is 934. The zero-order valence-corrected chi connectivity index (χ0v) is 15.9. The number of carbonyl (C=O) groups is 1. The van der Waals surface area contributed by atoms with E-state index in [2.05, 4.69) is 46.2 Å². The molecule has 2 aliphatic rings. The average molecular weight is 374 g/mol. The quantitative estimate of drug-likeness (QED) is 0.659. The van der Waals surface area contributed by atoms with Gasteiger partial charge in [0.05, 0.1) is 0 Å². The molecule has 2 aliphatic heterocycles. The third-order valence-electron chi connectivity index (χ3n) is 6.27. The monoisotopic (exact) mass is 374 g/mol. The van der Waals surface area contributed by atoms with E-state index in [4.69, 9.17) is 0 Å². The van der Waals surface area contributed by atoms with Crippen LogP contribution in [0.2, 0.25) is 0 Å². The largest absolute Gasteiger partial charge is 0.351 e. The van der Waals surface area contributed by atoms with Crippen LogP contribution < -0.4 is 10.9 Å². The lowest BCUT2D eigenvalue weighted by molar-refractivity contribution is 0.0639. The molecule has 0 radical (unpaired) electrons. The third kappa shape index (κ3) is 3.21. The highest BCUT2D eigenvalue weighted by atomic mass is 16.2. The number of nitrogens with zero attached hydrogens (tertiary/aromatic N) is 1. The summed E-state index contributed by atoms with van der Waals surface area (Å²) in [4.78, 5) is 18.5. The van der Waals surface area contributed by atoms with Crippen molar-refractivity contribution in [3.8, 4) is 0 Å². The van der Waals surface area contributed by atoms with Crippen molar-refractivity contribution in [1.82, 2.24) is 20.7 Å². The highest BCUT2D eigenvalue weighted by molar-refractivity contribution is 5.98. The van der Waals surface area contributed by atoms with Gasteiger partial charge in [0.2, 0.25) is 0 Å². The molecule has 2 fully saturated rings. The van der Waals surface area contributed by atoms with Crippen LogP contribution >= 0.6 is 0 Å². The molecule has 2 saturated heterocycles. The number of hydrazine groups is 1. The topological polar surface area (TPSA) is 60.2 Å². The number of H-pyrrole nitrogens is 1. The van der Waals surface area contributed by atoms with Gasteiger partial charge in [-0.15, -0.1) is 0 Å². The Morgan fingerprint density at radius 2 is 1.86 bits per heavy atom. The normalized spacial score (nSPS) is 25.3. The van der Waals surface area contributed by atoms with Crippen molar-refractivity contribution in [3.05, 3.63) is 71.9 Å². The molecule has 3 unspecified atom stereocenters. The maximum Gasteiger partial charge on any atom is 0.270 e. The zero-order chi connectivity index (χ0) is 18.9. The molecule has 0 aliphatic carbocycles. The molecule has 3 N–H and O–H groups in total. The molecule has 3 aromatic rings. The van der Waals surface area contributed by atoms with Crippen molar-refractivity contribution in [2.75, 3.05) is 19.6 Å². The van der Waals surface area contributed by atoms with Crippen LogP contribution in [0.15, 0.2) is 60.7 Å². The lowest BCUT2D eigenvalue weighted by Crippen LogP contribution is -2.48. The minimum Gasteiger partial charge on any atom is -0.351 e. The summed E-state index contributed by atoms with van der Waals surface area (Å²) < 4.78 is 0. The number of likely N-dealkylation sites (tertiary alicyclic amines) is 1. The van der Waals surface area contributed by atoms with Crippen LogP contribution in [0, 0.1) is 5.92 Å². The number of rotatable bonds is 3. The summed E-state index contributed by atoms with van der Waals surface area (Å²) in [5.41, 5.74) is 9.93. The fourth-order valence-corrected chi connectivity index (χ4v) is 4.83. The molecule has 5 nitrogen and oxygen atoms in total.